The minimum Gasteiger partial charge on any atom is -0.309 e. The van der Waals surface area contributed by atoms with Gasteiger partial charge in [0.15, 0.2) is 0 Å². The Hall–Kier alpha value is -7.82. The van der Waals surface area contributed by atoms with Crippen molar-refractivity contribution in [3.63, 3.8) is 0 Å². The summed E-state index contributed by atoms with van der Waals surface area (Å²) in [6.45, 7) is 0. The third-order valence-corrected chi connectivity index (χ3v) is 12.2. The van der Waals surface area contributed by atoms with Gasteiger partial charge in [0.2, 0.25) is 5.95 Å². The van der Waals surface area contributed by atoms with Crippen LogP contribution >= 0.6 is 0 Å². The van der Waals surface area contributed by atoms with E-state index >= 15 is 0 Å². The van der Waals surface area contributed by atoms with E-state index in [-0.39, 0.29) is 0 Å². The molecule has 0 unspecified atom stereocenters. The van der Waals surface area contributed by atoms with E-state index in [1.54, 1.807) is 0 Å². The van der Waals surface area contributed by atoms with Crippen LogP contribution < -0.4 is 0 Å². The van der Waals surface area contributed by atoms with E-state index in [1.807, 2.05) is 0 Å². The molecule has 0 saturated carbocycles. The van der Waals surface area contributed by atoms with Crippen molar-refractivity contribution in [2.24, 2.45) is 0 Å². The molecule has 3 heterocycles. The standard InChI is InChI=1S/C54H32N4/c1-2-18-36(19-3-1)57-45-28-14-11-25-42(45)47-37-20-6-7-21-38(37)48-49(53(47)57)39-22-8-9-23-40(39)52-50(48)43-26-12-15-29-46(43)58(52)54-55-44-27-13-10-24-41(44)51(56-54)35-31-30-33-16-4-5-17-34(33)32-35/h1-32H. The van der Waals surface area contributed by atoms with Gasteiger partial charge in [0.25, 0.3) is 0 Å². The Morgan fingerprint density at radius 1 is 0.328 bits per heavy atom. The number of aromatic nitrogens is 4. The van der Waals surface area contributed by atoms with Crippen LogP contribution in [0.4, 0.5) is 0 Å². The summed E-state index contributed by atoms with van der Waals surface area (Å²) in [6, 6.07) is 70.0. The van der Waals surface area contributed by atoms with Gasteiger partial charge in [-0.2, -0.15) is 0 Å². The number of hydrogen-bond acceptors (Lipinski definition) is 2. The quantitative estimate of drug-likeness (QED) is 0.169. The number of hydrogen-bond donors (Lipinski definition) is 0. The van der Waals surface area contributed by atoms with E-state index in [1.165, 1.54) is 70.3 Å². The smallest absolute Gasteiger partial charge is 0.235 e. The summed E-state index contributed by atoms with van der Waals surface area (Å²) in [5.41, 5.74) is 8.63. The number of fused-ring (bicyclic) bond motifs is 17. The molecule has 13 aromatic rings. The number of nitrogens with zero attached hydrogens (tertiary/aromatic N) is 4. The second kappa shape index (κ2) is 11.8. The maximum absolute atomic E-state index is 5.55. The average Bonchev–Trinajstić information content (AvgIpc) is 3.83. The number of rotatable bonds is 3. The van der Waals surface area contributed by atoms with Crippen LogP contribution in [0.25, 0.3) is 120 Å². The molecule has 13 rings (SSSR count). The molecule has 0 aliphatic rings. The second-order valence-electron chi connectivity index (χ2n) is 15.3. The van der Waals surface area contributed by atoms with E-state index in [0.717, 1.165) is 44.3 Å². The van der Waals surface area contributed by atoms with Gasteiger partial charge in [-0.15, -0.1) is 0 Å². The van der Waals surface area contributed by atoms with E-state index in [0.29, 0.717) is 5.95 Å². The van der Waals surface area contributed by atoms with Gasteiger partial charge in [-0.3, -0.25) is 4.57 Å². The molecule has 0 aliphatic carbocycles. The molecule has 0 amide bonds. The topological polar surface area (TPSA) is 35.6 Å². The van der Waals surface area contributed by atoms with Crippen molar-refractivity contribution >= 4 is 97.6 Å². The zero-order chi connectivity index (χ0) is 37.9. The summed E-state index contributed by atoms with van der Waals surface area (Å²) in [6.07, 6.45) is 0. The maximum atomic E-state index is 5.55. The molecular weight excluding hydrogens is 705 g/mol. The van der Waals surface area contributed by atoms with Crippen LogP contribution in [0.3, 0.4) is 0 Å². The third-order valence-electron chi connectivity index (χ3n) is 12.2. The normalized spacial score (nSPS) is 12.1. The lowest BCUT2D eigenvalue weighted by Crippen LogP contribution is -2.04. The molecule has 3 aromatic heterocycles. The first-order valence-electron chi connectivity index (χ1n) is 19.8. The van der Waals surface area contributed by atoms with Crippen molar-refractivity contribution in [1.82, 2.24) is 19.1 Å². The molecule has 0 fully saturated rings. The molecule has 0 aliphatic heterocycles. The zero-order valence-corrected chi connectivity index (χ0v) is 31.3. The minimum absolute atomic E-state index is 0.654. The summed E-state index contributed by atoms with van der Waals surface area (Å²) in [5.74, 6) is 0.654. The van der Waals surface area contributed by atoms with E-state index in [4.69, 9.17) is 9.97 Å². The molecule has 0 N–H and O–H groups in total. The van der Waals surface area contributed by atoms with Crippen molar-refractivity contribution in [2.75, 3.05) is 0 Å². The third kappa shape index (κ3) is 4.23. The largest absolute Gasteiger partial charge is 0.309 e. The highest BCUT2D eigenvalue weighted by Crippen LogP contribution is 2.50. The predicted octanol–water partition coefficient (Wildman–Crippen LogP) is 14.1. The Kier molecular flexibility index (Phi) is 6.41. The molecule has 0 bridgehead atoms. The molecule has 0 atom stereocenters. The summed E-state index contributed by atoms with van der Waals surface area (Å²) < 4.78 is 4.81. The van der Waals surface area contributed by atoms with Crippen molar-refractivity contribution < 1.29 is 0 Å². The minimum atomic E-state index is 0.654. The Bertz CT molecular complexity index is 3850. The van der Waals surface area contributed by atoms with Crippen molar-refractivity contribution in [3.8, 4) is 22.9 Å². The Morgan fingerprint density at radius 2 is 0.862 bits per heavy atom. The van der Waals surface area contributed by atoms with Gasteiger partial charge in [0, 0.05) is 54.3 Å². The Morgan fingerprint density at radius 3 is 1.62 bits per heavy atom. The second-order valence-corrected chi connectivity index (χ2v) is 15.3. The molecule has 10 aromatic carbocycles. The van der Waals surface area contributed by atoms with Crippen LogP contribution in [0.15, 0.2) is 194 Å². The van der Waals surface area contributed by atoms with Gasteiger partial charge in [-0.1, -0.05) is 158 Å². The van der Waals surface area contributed by atoms with Gasteiger partial charge in [0.05, 0.1) is 33.3 Å². The average molecular weight is 737 g/mol. The van der Waals surface area contributed by atoms with Gasteiger partial charge in [-0.05, 0) is 63.3 Å². The lowest BCUT2D eigenvalue weighted by molar-refractivity contribution is 1.02. The summed E-state index contributed by atoms with van der Waals surface area (Å²) in [7, 11) is 0. The fraction of sp³-hybridized carbons (Fsp3) is 0. The molecule has 268 valence electrons. The lowest BCUT2D eigenvalue weighted by Gasteiger charge is -2.17. The molecule has 0 radical (unpaired) electrons. The van der Waals surface area contributed by atoms with E-state index in [2.05, 4.69) is 203 Å². The van der Waals surface area contributed by atoms with E-state index in [9.17, 15) is 0 Å². The van der Waals surface area contributed by atoms with Crippen LogP contribution in [-0.4, -0.2) is 19.1 Å². The molecule has 0 saturated heterocycles. The first-order valence-corrected chi connectivity index (χ1v) is 19.8. The number of benzene rings is 10. The van der Waals surface area contributed by atoms with Crippen LogP contribution in [0, 0.1) is 0 Å². The summed E-state index contributed by atoms with van der Waals surface area (Å²) in [5, 5.41) is 15.6. The predicted molar refractivity (Wildman–Crippen MR) is 244 cm³/mol. The SMILES string of the molecule is c1ccc(-n2c3ccccc3c3c4ccccc4c4c5c6ccccc6n(-c6nc(-c7ccc8ccccc8c7)c7ccccc7n6)c5c5ccccc5c4c32)cc1. The van der Waals surface area contributed by atoms with Crippen molar-refractivity contribution in [1.29, 1.82) is 0 Å². The van der Waals surface area contributed by atoms with Crippen LogP contribution in [0.2, 0.25) is 0 Å². The fourth-order valence-corrected chi connectivity index (χ4v) is 9.87. The molecular formula is C54H32N4. The van der Waals surface area contributed by atoms with Crippen molar-refractivity contribution in [2.45, 2.75) is 0 Å². The summed E-state index contributed by atoms with van der Waals surface area (Å²) >= 11 is 0. The lowest BCUT2D eigenvalue weighted by atomic mass is 9.90. The molecule has 58 heavy (non-hydrogen) atoms. The Balaban J connectivity index is 1.27. The molecule has 4 nitrogen and oxygen atoms in total. The van der Waals surface area contributed by atoms with Crippen LogP contribution in [-0.2, 0) is 0 Å². The van der Waals surface area contributed by atoms with E-state index < -0.39 is 0 Å². The van der Waals surface area contributed by atoms with Gasteiger partial charge < -0.3 is 4.57 Å². The fourth-order valence-electron chi connectivity index (χ4n) is 9.87. The first kappa shape index (κ1) is 31.4. The molecule has 4 heteroatoms. The highest BCUT2D eigenvalue weighted by molar-refractivity contribution is 6.44. The first-order chi connectivity index (χ1) is 28.8. The highest BCUT2D eigenvalue weighted by Gasteiger charge is 2.26. The monoisotopic (exact) mass is 736 g/mol. The summed E-state index contributed by atoms with van der Waals surface area (Å²) in [4.78, 5) is 10.9. The van der Waals surface area contributed by atoms with Crippen LogP contribution in [0.5, 0.6) is 0 Å². The van der Waals surface area contributed by atoms with Gasteiger partial charge in [-0.25, -0.2) is 9.97 Å². The maximum Gasteiger partial charge on any atom is 0.235 e. The number of para-hydroxylation sites is 4. The van der Waals surface area contributed by atoms with Crippen LogP contribution in [0.1, 0.15) is 0 Å². The highest BCUT2D eigenvalue weighted by atomic mass is 15.2. The Labute approximate surface area is 332 Å². The molecule has 0 spiro atoms. The zero-order valence-electron chi connectivity index (χ0n) is 31.3. The van der Waals surface area contributed by atoms with Crippen molar-refractivity contribution in [3.05, 3.63) is 194 Å². The van der Waals surface area contributed by atoms with Gasteiger partial charge in [0.1, 0.15) is 0 Å². The van der Waals surface area contributed by atoms with Gasteiger partial charge >= 0.3 is 0 Å².